The number of para-hydroxylation sites is 1. The predicted molar refractivity (Wildman–Crippen MR) is 301 cm³/mol. The number of aromatic nitrogens is 2. The van der Waals surface area contributed by atoms with Crippen molar-refractivity contribution in [3.63, 3.8) is 0 Å². The van der Waals surface area contributed by atoms with E-state index in [1.165, 1.54) is 11.1 Å². The summed E-state index contributed by atoms with van der Waals surface area (Å²) in [6, 6.07) is 73.3. The minimum Gasteiger partial charge on any atom is -0.308 e. The summed E-state index contributed by atoms with van der Waals surface area (Å²) in [6.45, 7) is 15.3. The van der Waals surface area contributed by atoms with E-state index in [4.69, 9.17) is 4.98 Å². The van der Waals surface area contributed by atoms with E-state index in [2.05, 4.69) is 267 Å². The molecule has 346 valence electrons. The molecule has 8 aromatic carbocycles. The van der Waals surface area contributed by atoms with Crippen LogP contribution in [0.2, 0.25) is 0 Å². The van der Waals surface area contributed by atoms with Crippen LogP contribution in [0.3, 0.4) is 0 Å². The molecule has 0 atom stereocenters. The van der Waals surface area contributed by atoms with Crippen molar-refractivity contribution >= 4 is 44.9 Å². The van der Waals surface area contributed by atoms with Crippen LogP contribution in [0.4, 0.5) is 22.7 Å². The number of rotatable bonds is 12. The Kier molecular flexibility index (Phi) is 11.9. The molecule has 11 rings (SSSR count). The highest BCUT2D eigenvalue weighted by Crippen LogP contribution is 2.61. The molecular formula is C67H58N4. The molecule has 1 aliphatic heterocycles. The number of anilines is 4. The standard InChI is InChI=1S/C67H58N4/c1-6-26-48(7-2)52-39-53(49-27-14-8-15-28-49)42-59(41-52)70-63-45-61-62(69(58-37-24-13-25-38-58)65(68-61)47-66(3,4)5)46-64(63)71(67(70,56-33-20-11-21-34-56)57-35-22-12-23-36-57)60-43-54(50-29-16-9-17-30-50)40-55(44-60)51-31-18-10-19-32-51/h6-9,11-18,20-46H,1-2,10,19,47H2,3-5H3/b48-26+. The number of nitrogens with zero attached hydrogens (tertiary/aromatic N) is 4. The molecule has 4 heteroatoms. The van der Waals surface area contributed by atoms with E-state index in [9.17, 15) is 0 Å². The monoisotopic (exact) mass is 918 g/mol. The van der Waals surface area contributed by atoms with E-state index in [0.29, 0.717) is 0 Å². The third kappa shape index (κ3) is 8.36. The highest BCUT2D eigenvalue weighted by molar-refractivity contribution is 6.01. The summed E-state index contributed by atoms with van der Waals surface area (Å²) < 4.78 is 2.39. The van der Waals surface area contributed by atoms with Crippen LogP contribution in [0.15, 0.2) is 250 Å². The lowest BCUT2D eigenvalue weighted by Gasteiger charge is -2.47. The van der Waals surface area contributed by atoms with Gasteiger partial charge in [-0.05, 0) is 123 Å². The van der Waals surface area contributed by atoms with Crippen molar-refractivity contribution in [2.75, 3.05) is 9.80 Å². The highest BCUT2D eigenvalue weighted by atomic mass is 15.5. The fraction of sp³-hybridized carbons (Fsp3) is 0.119. The Morgan fingerprint density at radius 1 is 0.563 bits per heavy atom. The van der Waals surface area contributed by atoms with Gasteiger partial charge in [-0.25, -0.2) is 4.98 Å². The highest BCUT2D eigenvalue weighted by Gasteiger charge is 2.54. The topological polar surface area (TPSA) is 24.3 Å². The number of hydrogen-bond donors (Lipinski definition) is 0. The van der Waals surface area contributed by atoms with Crippen molar-refractivity contribution in [3.8, 4) is 27.9 Å². The number of imidazole rings is 1. The Labute approximate surface area is 419 Å². The average molecular weight is 919 g/mol. The zero-order valence-corrected chi connectivity index (χ0v) is 40.8. The molecule has 71 heavy (non-hydrogen) atoms. The summed E-state index contributed by atoms with van der Waals surface area (Å²) in [7, 11) is 0. The van der Waals surface area contributed by atoms with Gasteiger partial charge in [-0.2, -0.15) is 0 Å². The van der Waals surface area contributed by atoms with Gasteiger partial charge in [-0.1, -0.05) is 210 Å². The first-order valence-electron chi connectivity index (χ1n) is 24.8. The second kappa shape index (κ2) is 18.8. The number of allylic oxidation sites excluding steroid dienone is 8. The largest absolute Gasteiger partial charge is 0.308 e. The third-order valence-electron chi connectivity index (χ3n) is 13.7. The van der Waals surface area contributed by atoms with Gasteiger partial charge in [0, 0.05) is 34.6 Å². The van der Waals surface area contributed by atoms with Crippen molar-refractivity contribution < 1.29 is 0 Å². The normalized spacial score (nSPS) is 14.4. The quantitative estimate of drug-likeness (QED) is 0.114. The van der Waals surface area contributed by atoms with Crippen molar-refractivity contribution in [2.45, 2.75) is 45.7 Å². The molecule has 0 N–H and O–H groups in total. The van der Waals surface area contributed by atoms with Crippen LogP contribution in [-0.2, 0) is 12.1 Å². The molecule has 2 heterocycles. The van der Waals surface area contributed by atoms with Crippen molar-refractivity contribution in [1.82, 2.24) is 9.55 Å². The van der Waals surface area contributed by atoms with Gasteiger partial charge in [0.25, 0.3) is 0 Å². The second-order valence-corrected chi connectivity index (χ2v) is 19.8. The van der Waals surface area contributed by atoms with Crippen LogP contribution in [0.5, 0.6) is 0 Å². The van der Waals surface area contributed by atoms with E-state index in [-0.39, 0.29) is 5.41 Å². The fourth-order valence-electron chi connectivity index (χ4n) is 10.7. The van der Waals surface area contributed by atoms with Gasteiger partial charge in [0.05, 0.1) is 22.4 Å². The van der Waals surface area contributed by atoms with Crippen molar-refractivity contribution in [1.29, 1.82) is 0 Å². The molecule has 0 spiro atoms. The first-order valence-corrected chi connectivity index (χ1v) is 24.8. The van der Waals surface area contributed by atoms with Gasteiger partial charge in [0.1, 0.15) is 5.82 Å². The molecule has 9 aromatic rings. The molecule has 2 aliphatic rings. The molecule has 0 unspecified atom stereocenters. The zero-order chi connectivity index (χ0) is 48.5. The van der Waals surface area contributed by atoms with Crippen LogP contribution in [0.1, 0.15) is 61.7 Å². The number of fused-ring (bicyclic) bond motifs is 2. The molecule has 0 saturated heterocycles. The van der Waals surface area contributed by atoms with Crippen LogP contribution in [0.25, 0.3) is 50.1 Å². The average Bonchev–Trinajstić information content (AvgIpc) is 3.92. The van der Waals surface area contributed by atoms with E-state index in [1.807, 2.05) is 18.2 Å². The van der Waals surface area contributed by atoms with Gasteiger partial charge in [0.15, 0.2) is 5.66 Å². The molecular weight excluding hydrogens is 861 g/mol. The molecule has 0 fully saturated rings. The van der Waals surface area contributed by atoms with E-state index in [0.717, 1.165) is 109 Å². The Balaban J connectivity index is 1.33. The molecule has 0 amide bonds. The van der Waals surface area contributed by atoms with Crippen molar-refractivity contribution in [2.24, 2.45) is 5.41 Å². The SMILES string of the molecule is C=C/C=C(\C=C)c1cc(-c2ccccc2)cc(N2c3cc4nc(CC(C)(C)C)n(-c5ccccc5)c4cc3N(c3cc(C4=CCCC=C4)cc(-c4ccccc4)c3)C2(c2ccccc2)c2ccccc2)c1. The van der Waals surface area contributed by atoms with Gasteiger partial charge < -0.3 is 9.80 Å². The minimum absolute atomic E-state index is 0.0168. The summed E-state index contributed by atoms with van der Waals surface area (Å²) in [6.07, 6.45) is 15.7. The molecule has 1 aromatic heterocycles. The van der Waals surface area contributed by atoms with Crippen LogP contribution in [-0.4, -0.2) is 9.55 Å². The van der Waals surface area contributed by atoms with E-state index >= 15 is 0 Å². The Hall–Kier alpha value is -8.47. The van der Waals surface area contributed by atoms with Gasteiger partial charge in [0.2, 0.25) is 0 Å². The third-order valence-corrected chi connectivity index (χ3v) is 13.7. The molecule has 0 radical (unpaired) electrons. The minimum atomic E-state index is -0.998. The number of benzene rings is 8. The van der Waals surface area contributed by atoms with Crippen molar-refractivity contribution in [3.05, 3.63) is 278 Å². The first kappa shape index (κ1) is 45.0. The van der Waals surface area contributed by atoms with Crippen LogP contribution in [0, 0.1) is 5.41 Å². The lowest BCUT2D eigenvalue weighted by Crippen LogP contribution is -2.51. The molecule has 0 bridgehead atoms. The first-order chi connectivity index (χ1) is 34.7. The maximum absolute atomic E-state index is 5.62. The smallest absolute Gasteiger partial charge is 0.175 e. The maximum Gasteiger partial charge on any atom is 0.175 e. The number of hydrogen-bond acceptors (Lipinski definition) is 3. The Bertz CT molecular complexity index is 3460. The summed E-state index contributed by atoms with van der Waals surface area (Å²) in [5, 5.41) is 0. The predicted octanol–water partition coefficient (Wildman–Crippen LogP) is 17.6. The zero-order valence-electron chi connectivity index (χ0n) is 40.8. The summed E-state index contributed by atoms with van der Waals surface area (Å²) >= 11 is 0. The fourth-order valence-corrected chi connectivity index (χ4v) is 10.7. The maximum atomic E-state index is 5.62. The lowest BCUT2D eigenvalue weighted by molar-refractivity contribution is 0.399. The Morgan fingerprint density at radius 2 is 1.10 bits per heavy atom. The van der Waals surface area contributed by atoms with Gasteiger partial charge >= 0.3 is 0 Å². The molecule has 4 nitrogen and oxygen atoms in total. The second-order valence-electron chi connectivity index (χ2n) is 19.8. The van der Waals surface area contributed by atoms with Gasteiger partial charge in [-0.3, -0.25) is 4.57 Å². The van der Waals surface area contributed by atoms with E-state index < -0.39 is 5.66 Å². The van der Waals surface area contributed by atoms with Crippen LogP contribution < -0.4 is 9.80 Å². The van der Waals surface area contributed by atoms with Gasteiger partial charge in [-0.15, -0.1) is 0 Å². The lowest BCUT2D eigenvalue weighted by atomic mass is 9.86. The summed E-state index contributed by atoms with van der Waals surface area (Å²) in [4.78, 5) is 10.8. The molecule has 0 saturated carbocycles. The Morgan fingerprint density at radius 3 is 1.65 bits per heavy atom. The van der Waals surface area contributed by atoms with Crippen LogP contribution >= 0.6 is 0 Å². The van der Waals surface area contributed by atoms with E-state index in [1.54, 1.807) is 0 Å². The molecule has 1 aliphatic carbocycles. The summed E-state index contributed by atoms with van der Waals surface area (Å²) in [5.41, 5.74) is 17.4. The summed E-state index contributed by atoms with van der Waals surface area (Å²) in [5.74, 6) is 1.03.